The zero-order chi connectivity index (χ0) is 31.0. The number of fused-ring (bicyclic) bond motifs is 3. The van der Waals surface area contributed by atoms with Crippen LogP contribution in [0.3, 0.4) is 0 Å². The molecule has 2 aliphatic rings. The minimum atomic E-state index is -0.0591. The van der Waals surface area contributed by atoms with Gasteiger partial charge in [0.2, 0.25) is 0 Å². The van der Waals surface area contributed by atoms with E-state index in [9.17, 15) is 0 Å². The molecule has 0 aromatic heterocycles. The Balaban J connectivity index is 0.000000320. The molecule has 0 nitrogen and oxygen atoms in total. The van der Waals surface area contributed by atoms with Gasteiger partial charge in [0.1, 0.15) is 0 Å². The molecule has 46 heavy (non-hydrogen) atoms. The normalized spacial score (nSPS) is 13.7. The number of halogens is 2. The molecule has 0 aliphatic heterocycles. The molecule has 0 atom stereocenters. The maximum atomic E-state index is 3.63. The van der Waals surface area contributed by atoms with Crippen LogP contribution in [0.4, 0.5) is 0 Å². The number of hydrogen-bond donors (Lipinski definition) is 0. The van der Waals surface area contributed by atoms with Crippen molar-refractivity contribution in [1.82, 2.24) is 0 Å². The minimum absolute atomic E-state index is 0. The molecule has 2 aliphatic carbocycles. The van der Waals surface area contributed by atoms with E-state index < -0.39 is 0 Å². The van der Waals surface area contributed by atoms with Gasteiger partial charge in [0.25, 0.3) is 0 Å². The predicted octanol–water partition coefficient (Wildman–Crippen LogP) is 5.18. The van der Waals surface area contributed by atoms with Crippen molar-refractivity contribution < 1.29 is 49.0 Å². The van der Waals surface area contributed by atoms with Gasteiger partial charge < -0.3 is 24.8 Å². The summed E-state index contributed by atoms with van der Waals surface area (Å²) in [6.07, 6.45) is 9.77. The molecule has 1 saturated carbocycles. The molecule has 0 heterocycles. The molecular formula is C43H46Cl2Zr-2. The van der Waals surface area contributed by atoms with Crippen LogP contribution in [0.1, 0.15) is 99.6 Å². The summed E-state index contributed by atoms with van der Waals surface area (Å²) in [6, 6.07) is 46.9. The van der Waals surface area contributed by atoms with E-state index in [0.29, 0.717) is 0 Å². The number of rotatable bonds is 4. The second-order valence-electron chi connectivity index (χ2n) is 13.3. The summed E-state index contributed by atoms with van der Waals surface area (Å²) >= 11 is 1.69. The van der Waals surface area contributed by atoms with Gasteiger partial charge in [0.05, 0.1) is 0 Å². The smallest absolute Gasteiger partial charge is 0.172 e. The quantitative estimate of drug-likeness (QED) is 0.174. The van der Waals surface area contributed by atoms with Crippen LogP contribution in [0.2, 0.25) is 0 Å². The van der Waals surface area contributed by atoms with Crippen LogP contribution in [-0.4, -0.2) is 3.21 Å². The Morgan fingerprint density at radius 2 is 1.11 bits per heavy atom. The van der Waals surface area contributed by atoms with Gasteiger partial charge in [-0.05, 0) is 28.5 Å². The van der Waals surface area contributed by atoms with Crippen LogP contribution in [0, 0.1) is 6.07 Å². The van der Waals surface area contributed by atoms with E-state index in [1.807, 2.05) is 33.5 Å². The zero-order valence-corrected chi connectivity index (χ0v) is 31.7. The molecule has 7 rings (SSSR count). The minimum Gasteiger partial charge on any atom is -0.214 e. The summed E-state index contributed by atoms with van der Waals surface area (Å²) in [5.74, 6) is 0. The topological polar surface area (TPSA) is 0 Å². The third-order valence-electron chi connectivity index (χ3n) is 9.49. The van der Waals surface area contributed by atoms with E-state index in [-0.39, 0.29) is 35.6 Å². The first-order valence-electron chi connectivity index (χ1n) is 16.3. The first-order chi connectivity index (χ1) is 21.3. The van der Waals surface area contributed by atoms with Crippen LogP contribution in [0.25, 0.3) is 11.1 Å². The average molecular weight is 725 g/mol. The summed E-state index contributed by atoms with van der Waals surface area (Å²) < 4.78 is 1.81. The summed E-state index contributed by atoms with van der Waals surface area (Å²) in [5.41, 5.74) is 10.7. The summed E-state index contributed by atoms with van der Waals surface area (Å²) in [5, 5.41) is 0. The van der Waals surface area contributed by atoms with Crippen molar-refractivity contribution in [2.24, 2.45) is 0 Å². The third kappa shape index (κ3) is 9.34. The summed E-state index contributed by atoms with van der Waals surface area (Å²) in [4.78, 5) is 0. The van der Waals surface area contributed by atoms with E-state index in [1.165, 1.54) is 83.0 Å². The van der Waals surface area contributed by atoms with Gasteiger partial charge in [0, 0.05) is 5.41 Å². The molecule has 5 aromatic rings. The molecule has 0 spiro atoms. The van der Waals surface area contributed by atoms with Crippen molar-refractivity contribution in [2.75, 3.05) is 0 Å². The number of benzene rings is 4. The third-order valence-corrected chi connectivity index (χ3v) is 10.7. The van der Waals surface area contributed by atoms with E-state index in [1.54, 1.807) is 24.2 Å². The first-order valence-corrected chi connectivity index (χ1v) is 17.5. The Labute approximate surface area is 305 Å². The van der Waals surface area contributed by atoms with E-state index >= 15 is 0 Å². The zero-order valence-electron chi connectivity index (χ0n) is 27.8. The van der Waals surface area contributed by atoms with Gasteiger partial charge in [-0.2, -0.15) is 42.0 Å². The fourth-order valence-corrected chi connectivity index (χ4v) is 7.22. The van der Waals surface area contributed by atoms with E-state index in [2.05, 4.69) is 125 Å². The van der Waals surface area contributed by atoms with Gasteiger partial charge in [-0.1, -0.05) is 118 Å². The van der Waals surface area contributed by atoms with Crippen LogP contribution in [-0.2, 0) is 41.5 Å². The van der Waals surface area contributed by atoms with Crippen LogP contribution in [0.15, 0.2) is 121 Å². The number of hydrogen-bond acceptors (Lipinski definition) is 0. The van der Waals surface area contributed by atoms with Gasteiger partial charge in [0.15, 0.2) is 0 Å². The molecule has 0 saturated heterocycles. The maximum absolute atomic E-state index is 3.63. The van der Waals surface area contributed by atoms with Crippen molar-refractivity contribution in [2.45, 2.75) is 83.5 Å². The molecule has 5 aromatic carbocycles. The monoisotopic (exact) mass is 722 g/mol. The molecule has 3 heteroatoms. The Bertz CT molecular complexity index is 1510. The van der Waals surface area contributed by atoms with Crippen molar-refractivity contribution >= 4 is 3.21 Å². The summed E-state index contributed by atoms with van der Waals surface area (Å²) in [7, 11) is 0. The van der Waals surface area contributed by atoms with Gasteiger partial charge >= 0.3 is 66.0 Å². The molecule has 0 amide bonds. The van der Waals surface area contributed by atoms with E-state index in [4.69, 9.17) is 0 Å². The van der Waals surface area contributed by atoms with E-state index in [0.717, 1.165) is 6.42 Å². The van der Waals surface area contributed by atoms with Gasteiger partial charge in [-0.3, -0.25) is 0 Å². The van der Waals surface area contributed by atoms with Crippen LogP contribution in [0.5, 0.6) is 0 Å². The standard InChI is InChI=1S/C31H29.C7H12.C5H5.2ClH.Zr/c1-30(2,24-11-7-5-8-12-24)26-17-15-22-19-23-16-18-27(21-29(23)28(22)20-26)31(3,4)25-13-9-6-10-14-25;1-2-4-6-7-5-3-1;1-2-4-5-3-1;;;/h5-15,17-18,20-21H,19H2,1-4H3;1-6H2;1-5H;2*1H;/q-1;;-1;;;+2/p-2. The molecular weight excluding hydrogens is 679 g/mol. The molecule has 0 radical (unpaired) electrons. The summed E-state index contributed by atoms with van der Waals surface area (Å²) in [6.45, 7) is 9.26. The van der Waals surface area contributed by atoms with Gasteiger partial charge in [-0.25, -0.2) is 12.1 Å². The second kappa shape index (κ2) is 17.6. The fourth-order valence-electron chi connectivity index (χ4n) is 6.35. The predicted molar refractivity (Wildman–Crippen MR) is 185 cm³/mol. The molecule has 0 unspecified atom stereocenters. The molecule has 0 bridgehead atoms. The Kier molecular flexibility index (Phi) is 14.6. The molecule has 238 valence electrons. The maximum Gasteiger partial charge on any atom is -0.172 e. The van der Waals surface area contributed by atoms with Crippen molar-refractivity contribution in [3.8, 4) is 11.1 Å². The fraction of sp³-hybridized carbons (Fsp3) is 0.302. The second-order valence-corrected chi connectivity index (χ2v) is 15.0. The van der Waals surface area contributed by atoms with Crippen molar-refractivity contribution in [3.63, 3.8) is 0 Å². The Morgan fingerprint density at radius 3 is 1.63 bits per heavy atom. The van der Waals surface area contributed by atoms with Crippen molar-refractivity contribution in [3.05, 3.63) is 161 Å². The first kappa shape index (κ1) is 38.0. The SMILES string of the molecule is CC(C)(c1ccccc1)c1c[c-]c2c(c1)-c1cc(C(C)(C)c3ccccc3)ccc1C2.[Cl-].[Cl-].[Zr+2]=[C]1CCCCCC1.c1cc[cH-]c1. The van der Waals surface area contributed by atoms with Crippen molar-refractivity contribution in [1.29, 1.82) is 0 Å². The van der Waals surface area contributed by atoms with Crippen LogP contribution < -0.4 is 24.8 Å². The Morgan fingerprint density at radius 1 is 0.587 bits per heavy atom. The molecule has 0 N–H and O–H groups in total. The average Bonchev–Trinajstić information content (AvgIpc) is 3.70. The Hall–Kier alpha value is -2.44. The van der Waals surface area contributed by atoms with Crippen LogP contribution >= 0.6 is 0 Å². The largest absolute Gasteiger partial charge is 0.214 e. The molecule has 1 fully saturated rings. The van der Waals surface area contributed by atoms with Gasteiger partial charge in [-0.15, -0.1) is 11.1 Å².